The van der Waals surface area contributed by atoms with E-state index in [1.165, 1.54) is 0 Å². The van der Waals surface area contributed by atoms with Gasteiger partial charge >= 0.3 is 0 Å². The Hall–Kier alpha value is -3.13. The minimum Gasteiger partial charge on any atom is -0.360 e. The van der Waals surface area contributed by atoms with Gasteiger partial charge in [0.1, 0.15) is 16.6 Å². The molecule has 0 aliphatic carbocycles. The zero-order valence-corrected chi connectivity index (χ0v) is 22.7. The van der Waals surface area contributed by atoms with Crippen LogP contribution in [0.2, 0.25) is 5.02 Å². The number of halogens is 1. The van der Waals surface area contributed by atoms with Gasteiger partial charge in [0, 0.05) is 28.8 Å². The number of fused-ring (bicyclic) bond motifs is 2. The van der Waals surface area contributed by atoms with E-state index in [1.54, 1.807) is 22.9 Å². The first-order chi connectivity index (χ1) is 17.0. The molecule has 5 aromatic rings. The Balaban J connectivity index is 1.78. The Bertz CT molecular complexity index is 1610. The van der Waals surface area contributed by atoms with E-state index in [2.05, 4.69) is 10.3 Å². The monoisotopic (exact) mass is 518 g/mol. The molecule has 0 radical (unpaired) electrons. The molecule has 6 nitrogen and oxygen atoms in total. The predicted molar refractivity (Wildman–Crippen MR) is 147 cm³/mol. The van der Waals surface area contributed by atoms with Crippen LogP contribution in [0.3, 0.4) is 0 Å². The summed E-state index contributed by atoms with van der Waals surface area (Å²) in [6.07, 6.45) is -0.707. The average Bonchev–Trinajstić information content (AvgIpc) is 3.40. The van der Waals surface area contributed by atoms with Gasteiger partial charge in [-0.05, 0) is 82.1 Å². The van der Waals surface area contributed by atoms with E-state index in [1.807, 2.05) is 83.3 Å². The van der Waals surface area contributed by atoms with Gasteiger partial charge in [-0.15, -0.1) is 16.4 Å². The van der Waals surface area contributed by atoms with Crippen LogP contribution in [0, 0.1) is 6.92 Å². The highest BCUT2D eigenvalue weighted by Gasteiger charge is 2.30. The molecule has 1 atom stereocenters. The van der Waals surface area contributed by atoms with Crippen molar-refractivity contribution in [2.24, 2.45) is 7.05 Å². The molecule has 0 saturated carbocycles. The smallest absolute Gasteiger partial charge is 0.163 e. The standard InChI is InChI=1S/C28H27ClN4O2S/c1-15-13-21-26(36-27(30-21)18-9-12-22-20(14-18)31-32-33(22)6)24(17-7-10-19(29)11-8-17)23(15)25(16(2)34)35-28(3,4)5/h7-14,25H,1-6H3/t25-/m1/s1. The molecule has 0 bridgehead atoms. The van der Waals surface area contributed by atoms with Crippen molar-refractivity contribution in [1.82, 2.24) is 20.0 Å². The molecule has 0 spiro atoms. The zero-order chi connectivity index (χ0) is 25.8. The molecule has 0 N–H and O–H groups in total. The Kier molecular flexibility index (Phi) is 6.19. The summed E-state index contributed by atoms with van der Waals surface area (Å²) in [5.74, 6) is -0.0413. The maximum Gasteiger partial charge on any atom is 0.163 e. The van der Waals surface area contributed by atoms with Crippen LogP contribution in [0.5, 0.6) is 0 Å². The molecule has 0 saturated heterocycles. The molecule has 36 heavy (non-hydrogen) atoms. The first kappa shape index (κ1) is 24.6. The summed E-state index contributed by atoms with van der Waals surface area (Å²) in [5, 5.41) is 9.90. The van der Waals surface area contributed by atoms with Gasteiger partial charge in [-0.1, -0.05) is 28.9 Å². The Morgan fingerprint density at radius 3 is 2.42 bits per heavy atom. The summed E-state index contributed by atoms with van der Waals surface area (Å²) in [6.45, 7) is 9.49. The minimum atomic E-state index is -0.707. The summed E-state index contributed by atoms with van der Waals surface area (Å²) < 4.78 is 9.08. The Morgan fingerprint density at radius 1 is 1.06 bits per heavy atom. The maximum absolute atomic E-state index is 12.9. The molecule has 0 unspecified atom stereocenters. The molecule has 0 aliphatic heterocycles. The van der Waals surface area contributed by atoms with Crippen molar-refractivity contribution in [3.63, 3.8) is 0 Å². The number of ketones is 1. The number of hydrogen-bond donors (Lipinski definition) is 0. The van der Waals surface area contributed by atoms with Crippen LogP contribution in [-0.4, -0.2) is 31.4 Å². The van der Waals surface area contributed by atoms with E-state index >= 15 is 0 Å². The number of Topliss-reactive ketones (excluding diaryl/α,β-unsaturated/α-hetero) is 1. The highest BCUT2D eigenvalue weighted by molar-refractivity contribution is 7.22. The van der Waals surface area contributed by atoms with Gasteiger partial charge in [0.25, 0.3) is 0 Å². The van der Waals surface area contributed by atoms with Crippen LogP contribution in [0.1, 0.15) is 44.9 Å². The molecule has 184 valence electrons. The molecule has 5 rings (SSSR count). The van der Waals surface area contributed by atoms with E-state index < -0.39 is 11.7 Å². The molecule has 3 aromatic carbocycles. The van der Waals surface area contributed by atoms with Crippen molar-refractivity contribution in [2.75, 3.05) is 0 Å². The molecule has 0 fully saturated rings. The van der Waals surface area contributed by atoms with Crippen LogP contribution in [-0.2, 0) is 16.6 Å². The lowest BCUT2D eigenvalue weighted by Gasteiger charge is -2.29. The Morgan fingerprint density at radius 2 is 1.75 bits per heavy atom. The van der Waals surface area contributed by atoms with E-state index in [4.69, 9.17) is 21.3 Å². The van der Waals surface area contributed by atoms with Crippen molar-refractivity contribution in [2.45, 2.75) is 46.3 Å². The molecular weight excluding hydrogens is 492 g/mol. The number of hydrogen-bond acceptors (Lipinski definition) is 6. The fraction of sp³-hybridized carbons (Fsp3) is 0.286. The van der Waals surface area contributed by atoms with E-state index in [9.17, 15) is 4.79 Å². The number of carbonyl (C=O) groups excluding carboxylic acids is 1. The highest BCUT2D eigenvalue weighted by atomic mass is 35.5. The number of ether oxygens (including phenoxy) is 1. The van der Waals surface area contributed by atoms with Crippen LogP contribution < -0.4 is 0 Å². The normalized spacial score (nSPS) is 13.0. The minimum absolute atomic E-state index is 0.0413. The molecular formula is C28H27ClN4O2S. The molecule has 2 heterocycles. The summed E-state index contributed by atoms with van der Waals surface area (Å²) in [5.41, 5.74) is 6.87. The number of rotatable bonds is 5. The average molecular weight is 519 g/mol. The fourth-order valence-corrected chi connectivity index (χ4v) is 5.70. The number of nitrogens with zero attached hydrogens (tertiary/aromatic N) is 4. The van der Waals surface area contributed by atoms with Crippen LogP contribution in [0.4, 0.5) is 0 Å². The summed E-state index contributed by atoms with van der Waals surface area (Å²) in [7, 11) is 1.88. The maximum atomic E-state index is 12.9. The van der Waals surface area contributed by atoms with Crippen LogP contribution >= 0.6 is 22.9 Å². The second-order valence-electron chi connectivity index (χ2n) is 9.99. The third kappa shape index (κ3) is 4.54. The number of thiazole rings is 1. The lowest BCUT2D eigenvalue weighted by Crippen LogP contribution is -2.27. The quantitative estimate of drug-likeness (QED) is 0.244. The number of carbonyl (C=O) groups is 1. The summed E-state index contributed by atoms with van der Waals surface area (Å²) >= 11 is 7.82. The van der Waals surface area contributed by atoms with Crippen LogP contribution in [0.25, 0.3) is 42.9 Å². The van der Waals surface area contributed by atoms with E-state index in [-0.39, 0.29) is 5.78 Å². The third-order valence-corrected chi connectivity index (χ3v) is 7.41. The Labute approximate surface area is 218 Å². The highest BCUT2D eigenvalue weighted by Crippen LogP contribution is 2.44. The molecule has 0 amide bonds. The number of aryl methyl sites for hydroxylation is 2. The van der Waals surface area contributed by atoms with Crippen LogP contribution in [0.15, 0.2) is 48.5 Å². The van der Waals surface area contributed by atoms with Gasteiger partial charge < -0.3 is 4.74 Å². The largest absolute Gasteiger partial charge is 0.360 e. The molecule has 0 aliphatic rings. The van der Waals surface area contributed by atoms with E-state index in [0.717, 1.165) is 54.1 Å². The fourth-order valence-electron chi connectivity index (χ4n) is 4.45. The summed E-state index contributed by atoms with van der Waals surface area (Å²) in [6, 6.07) is 15.8. The van der Waals surface area contributed by atoms with Crippen molar-refractivity contribution < 1.29 is 9.53 Å². The summed E-state index contributed by atoms with van der Waals surface area (Å²) in [4.78, 5) is 17.9. The zero-order valence-electron chi connectivity index (χ0n) is 21.1. The van der Waals surface area contributed by atoms with Gasteiger partial charge in [-0.25, -0.2) is 9.67 Å². The van der Waals surface area contributed by atoms with Gasteiger partial charge in [-0.2, -0.15) is 0 Å². The number of aromatic nitrogens is 4. The SMILES string of the molecule is CC(=O)[C@@H](OC(C)(C)C)c1c(C)cc2nc(-c3ccc4c(c3)nnn4C)sc2c1-c1ccc(Cl)cc1. The second-order valence-corrected chi connectivity index (χ2v) is 11.4. The van der Waals surface area contributed by atoms with Crippen molar-refractivity contribution in [3.8, 4) is 21.7 Å². The number of benzene rings is 3. The van der Waals surface area contributed by atoms with Crippen molar-refractivity contribution in [1.29, 1.82) is 0 Å². The van der Waals surface area contributed by atoms with Crippen molar-refractivity contribution in [3.05, 3.63) is 64.7 Å². The first-order valence-corrected chi connectivity index (χ1v) is 12.9. The first-order valence-electron chi connectivity index (χ1n) is 11.7. The predicted octanol–water partition coefficient (Wildman–Crippen LogP) is 7.32. The van der Waals surface area contributed by atoms with Gasteiger partial charge in [0.05, 0.1) is 21.3 Å². The molecule has 8 heteroatoms. The topological polar surface area (TPSA) is 69.9 Å². The second kappa shape index (κ2) is 9.07. The van der Waals surface area contributed by atoms with Gasteiger partial charge in [0.2, 0.25) is 0 Å². The van der Waals surface area contributed by atoms with Crippen molar-refractivity contribution >= 4 is 50.0 Å². The van der Waals surface area contributed by atoms with E-state index in [0.29, 0.717) is 5.02 Å². The van der Waals surface area contributed by atoms with Gasteiger partial charge in [0.15, 0.2) is 5.78 Å². The van der Waals surface area contributed by atoms with Gasteiger partial charge in [-0.3, -0.25) is 4.79 Å². The lowest BCUT2D eigenvalue weighted by molar-refractivity contribution is -0.138. The lowest BCUT2D eigenvalue weighted by atomic mass is 9.90. The molecule has 2 aromatic heterocycles. The third-order valence-electron chi connectivity index (χ3n) is 6.02.